The van der Waals surface area contributed by atoms with Crippen molar-refractivity contribution in [3.05, 3.63) is 0 Å². The molecule has 2 aliphatic heterocycles. The molecule has 2 rings (SSSR count). The van der Waals surface area contributed by atoms with Crippen LogP contribution in [-0.4, -0.2) is 49.8 Å². The van der Waals surface area contributed by atoms with E-state index in [2.05, 4.69) is 17.1 Å². The van der Waals surface area contributed by atoms with E-state index in [1.165, 1.54) is 6.54 Å². The first kappa shape index (κ1) is 7.53. The van der Waals surface area contributed by atoms with Gasteiger partial charge in [-0.05, 0) is 6.92 Å². The minimum absolute atomic E-state index is 0.551. The Bertz CT molecular complexity index is 136. The average Bonchev–Trinajstić information content (AvgIpc) is 2.78. The van der Waals surface area contributed by atoms with Gasteiger partial charge in [0, 0.05) is 32.2 Å². The first-order valence-corrected chi connectivity index (χ1v) is 4.42. The van der Waals surface area contributed by atoms with Gasteiger partial charge in [-0.15, -0.1) is 0 Å². The van der Waals surface area contributed by atoms with E-state index in [9.17, 15) is 0 Å². The van der Waals surface area contributed by atoms with Crippen LogP contribution in [0.3, 0.4) is 0 Å². The van der Waals surface area contributed by atoms with Gasteiger partial charge >= 0.3 is 0 Å². The lowest BCUT2D eigenvalue weighted by Gasteiger charge is -2.33. The second-order valence-electron chi connectivity index (χ2n) is 3.50. The first-order chi connectivity index (χ1) is 5.36. The number of epoxide rings is 1. The lowest BCUT2D eigenvalue weighted by molar-refractivity contribution is 0.159. The Morgan fingerprint density at radius 3 is 3.09 bits per heavy atom. The third kappa shape index (κ3) is 1.92. The Hall–Kier alpha value is -0.120. The maximum atomic E-state index is 5.20. The van der Waals surface area contributed by atoms with Gasteiger partial charge in [0.05, 0.1) is 12.7 Å². The molecule has 0 aromatic carbocycles. The molecule has 2 aliphatic rings. The quantitative estimate of drug-likeness (QED) is 0.555. The maximum absolute atomic E-state index is 5.20. The molecule has 0 aliphatic carbocycles. The number of piperazine rings is 1. The molecule has 0 aromatic rings. The van der Waals surface area contributed by atoms with E-state index >= 15 is 0 Å². The first-order valence-electron chi connectivity index (χ1n) is 4.42. The molecule has 2 atom stereocenters. The van der Waals surface area contributed by atoms with Crippen molar-refractivity contribution >= 4 is 0 Å². The highest BCUT2D eigenvalue weighted by molar-refractivity contribution is 4.81. The zero-order valence-electron chi connectivity index (χ0n) is 7.05. The highest BCUT2D eigenvalue weighted by atomic mass is 16.6. The van der Waals surface area contributed by atoms with Gasteiger partial charge in [0.2, 0.25) is 0 Å². The molecule has 2 unspecified atom stereocenters. The number of rotatable bonds is 2. The van der Waals surface area contributed by atoms with Gasteiger partial charge in [0.1, 0.15) is 0 Å². The van der Waals surface area contributed by atoms with Crippen molar-refractivity contribution in [2.24, 2.45) is 0 Å². The van der Waals surface area contributed by atoms with Crippen molar-refractivity contribution in [2.45, 2.75) is 19.1 Å². The van der Waals surface area contributed by atoms with Gasteiger partial charge in [-0.3, -0.25) is 4.90 Å². The highest BCUT2D eigenvalue weighted by Gasteiger charge is 2.28. The largest absolute Gasteiger partial charge is 0.372 e. The monoisotopic (exact) mass is 156 g/mol. The fraction of sp³-hybridized carbons (Fsp3) is 1.00. The Balaban J connectivity index is 1.78. The SMILES string of the molecule is CC1CNCCN1CC1CO1. The minimum Gasteiger partial charge on any atom is -0.372 e. The van der Waals surface area contributed by atoms with Gasteiger partial charge in [-0.25, -0.2) is 0 Å². The molecular weight excluding hydrogens is 140 g/mol. The number of nitrogens with one attached hydrogen (secondary N) is 1. The molecule has 2 saturated heterocycles. The zero-order valence-corrected chi connectivity index (χ0v) is 7.05. The molecule has 11 heavy (non-hydrogen) atoms. The second kappa shape index (κ2) is 3.09. The molecule has 0 amide bonds. The minimum atomic E-state index is 0.551. The maximum Gasteiger partial charge on any atom is 0.0936 e. The molecule has 1 N–H and O–H groups in total. The molecule has 0 aromatic heterocycles. The molecule has 0 radical (unpaired) electrons. The number of hydrogen-bond acceptors (Lipinski definition) is 3. The zero-order chi connectivity index (χ0) is 7.68. The second-order valence-corrected chi connectivity index (χ2v) is 3.50. The van der Waals surface area contributed by atoms with E-state index in [1.54, 1.807) is 0 Å². The molecule has 3 nitrogen and oxygen atoms in total. The van der Waals surface area contributed by atoms with Crippen LogP contribution in [0.1, 0.15) is 6.92 Å². The van der Waals surface area contributed by atoms with Crippen molar-refractivity contribution in [1.29, 1.82) is 0 Å². The fourth-order valence-electron chi connectivity index (χ4n) is 1.59. The van der Waals surface area contributed by atoms with Crippen molar-refractivity contribution in [3.63, 3.8) is 0 Å². The smallest absolute Gasteiger partial charge is 0.0936 e. The van der Waals surface area contributed by atoms with Crippen molar-refractivity contribution in [2.75, 3.05) is 32.8 Å². The van der Waals surface area contributed by atoms with E-state index in [-0.39, 0.29) is 0 Å². The van der Waals surface area contributed by atoms with Gasteiger partial charge in [0.25, 0.3) is 0 Å². The normalized spacial score (nSPS) is 39.0. The van der Waals surface area contributed by atoms with E-state index < -0.39 is 0 Å². The van der Waals surface area contributed by atoms with Crippen LogP contribution in [0.15, 0.2) is 0 Å². The van der Waals surface area contributed by atoms with Crippen molar-refractivity contribution in [1.82, 2.24) is 10.2 Å². The standard InChI is InChI=1S/C8H16N2O/c1-7-4-9-2-3-10(7)5-8-6-11-8/h7-9H,2-6H2,1H3. The van der Waals surface area contributed by atoms with Gasteiger partial charge in [-0.2, -0.15) is 0 Å². The lowest BCUT2D eigenvalue weighted by Crippen LogP contribution is -2.50. The summed E-state index contributed by atoms with van der Waals surface area (Å²) in [7, 11) is 0. The van der Waals surface area contributed by atoms with Gasteiger partial charge < -0.3 is 10.1 Å². The van der Waals surface area contributed by atoms with E-state index in [0.29, 0.717) is 12.1 Å². The summed E-state index contributed by atoms with van der Waals surface area (Å²) in [4.78, 5) is 2.51. The van der Waals surface area contributed by atoms with Crippen LogP contribution < -0.4 is 5.32 Å². The highest BCUT2D eigenvalue weighted by Crippen LogP contribution is 2.13. The van der Waals surface area contributed by atoms with Crippen LogP contribution in [-0.2, 0) is 4.74 Å². The Morgan fingerprint density at radius 1 is 1.64 bits per heavy atom. The molecule has 2 fully saturated rings. The van der Waals surface area contributed by atoms with E-state index in [4.69, 9.17) is 4.74 Å². The summed E-state index contributed by atoms with van der Waals surface area (Å²) in [6.07, 6.45) is 0.551. The number of hydrogen-bond donors (Lipinski definition) is 1. The Kier molecular flexibility index (Phi) is 2.11. The summed E-state index contributed by atoms with van der Waals surface area (Å²) in [5.74, 6) is 0. The molecule has 0 bridgehead atoms. The molecular formula is C8H16N2O. The Morgan fingerprint density at radius 2 is 2.45 bits per heavy atom. The topological polar surface area (TPSA) is 27.8 Å². The molecule has 0 spiro atoms. The summed E-state index contributed by atoms with van der Waals surface area (Å²) < 4.78 is 5.20. The van der Waals surface area contributed by atoms with Gasteiger partial charge in [0.15, 0.2) is 0 Å². The van der Waals surface area contributed by atoms with E-state index in [0.717, 1.165) is 26.2 Å². The van der Waals surface area contributed by atoms with Crippen LogP contribution in [0, 0.1) is 0 Å². The van der Waals surface area contributed by atoms with Crippen LogP contribution in [0.4, 0.5) is 0 Å². The summed E-state index contributed by atoms with van der Waals surface area (Å²) in [6, 6.07) is 0.688. The fourth-order valence-corrected chi connectivity index (χ4v) is 1.59. The number of ether oxygens (including phenoxy) is 1. The van der Waals surface area contributed by atoms with Crippen LogP contribution >= 0.6 is 0 Å². The summed E-state index contributed by atoms with van der Waals surface area (Å²) >= 11 is 0. The molecule has 0 saturated carbocycles. The summed E-state index contributed by atoms with van der Waals surface area (Å²) in [5.41, 5.74) is 0. The van der Waals surface area contributed by atoms with Gasteiger partial charge in [-0.1, -0.05) is 0 Å². The lowest BCUT2D eigenvalue weighted by atomic mass is 10.2. The predicted octanol–water partition coefficient (Wildman–Crippen LogP) is -0.321. The number of nitrogens with zero attached hydrogens (tertiary/aromatic N) is 1. The molecule has 2 heterocycles. The summed E-state index contributed by atoms with van der Waals surface area (Å²) in [5, 5.41) is 3.38. The third-order valence-corrected chi connectivity index (χ3v) is 2.48. The third-order valence-electron chi connectivity index (χ3n) is 2.48. The van der Waals surface area contributed by atoms with E-state index in [1.807, 2.05) is 0 Å². The average molecular weight is 156 g/mol. The summed E-state index contributed by atoms with van der Waals surface area (Å²) in [6.45, 7) is 7.85. The van der Waals surface area contributed by atoms with Crippen LogP contribution in [0.2, 0.25) is 0 Å². The van der Waals surface area contributed by atoms with Crippen LogP contribution in [0.5, 0.6) is 0 Å². The Labute approximate surface area is 67.7 Å². The van der Waals surface area contributed by atoms with Crippen molar-refractivity contribution < 1.29 is 4.74 Å². The van der Waals surface area contributed by atoms with Crippen LogP contribution in [0.25, 0.3) is 0 Å². The van der Waals surface area contributed by atoms with Crippen molar-refractivity contribution in [3.8, 4) is 0 Å². The molecule has 64 valence electrons. The molecule has 3 heteroatoms. The predicted molar refractivity (Wildman–Crippen MR) is 43.6 cm³/mol.